The molecule has 0 unspecified atom stereocenters. The summed E-state index contributed by atoms with van der Waals surface area (Å²) in [6.07, 6.45) is 0.808. The molecule has 0 aliphatic rings. The standard InChI is InChI=1S/C15H15Cl2NO3S/c1-3-8(2)18-12(19)7-21-15(20)14-13(17)10-5-4-9(16)6-11(10)22-14/h4-6,8H,3,7H2,1-2H3,(H,18,19)/t8-/m1/s1. The molecule has 1 heterocycles. The molecule has 0 saturated carbocycles. The Balaban J connectivity index is 2.07. The second-order valence-corrected chi connectivity index (χ2v) is 6.71. The summed E-state index contributed by atoms with van der Waals surface area (Å²) in [5, 5.41) is 4.36. The molecule has 1 amide bonds. The summed E-state index contributed by atoms with van der Waals surface area (Å²) in [7, 11) is 0. The number of ether oxygens (including phenoxy) is 1. The number of hydrogen-bond acceptors (Lipinski definition) is 4. The van der Waals surface area contributed by atoms with Crippen LogP contribution in [0, 0.1) is 0 Å². The first-order chi connectivity index (χ1) is 10.4. The summed E-state index contributed by atoms with van der Waals surface area (Å²) < 4.78 is 5.82. The lowest BCUT2D eigenvalue weighted by Gasteiger charge is -2.11. The third-order valence-corrected chi connectivity index (χ3v) is 5.00. The van der Waals surface area contributed by atoms with E-state index in [1.54, 1.807) is 18.2 Å². The minimum absolute atomic E-state index is 0.0428. The predicted molar refractivity (Wildman–Crippen MR) is 90.0 cm³/mol. The number of esters is 1. The Hall–Kier alpha value is -1.30. The monoisotopic (exact) mass is 359 g/mol. The lowest BCUT2D eigenvalue weighted by Crippen LogP contribution is -2.35. The van der Waals surface area contributed by atoms with Crippen LogP contribution in [0.5, 0.6) is 0 Å². The van der Waals surface area contributed by atoms with E-state index in [-0.39, 0.29) is 23.4 Å². The number of carbonyl (C=O) groups is 2. The topological polar surface area (TPSA) is 55.4 Å². The van der Waals surface area contributed by atoms with Gasteiger partial charge in [0, 0.05) is 21.2 Å². The van der Waals surface area contributed by atoms with Crippen LogP contribution in [0.15, 0.2) is 18.2 Å². The first-order valence-corrected chi connectivity index (χ1v) is 8.33. The van der Waals surface area contributed by atoms with Crippen LogP contribution in [0.4, 0.5) is 0 Å². The van der Waals surface area contributed by atoms with Gasteiger partial charge in [-0.1, -0.05) is 36.2 Å². The molecule has 4 nitrogen and oxygen atoms in total. The van der Waals surface area contributed by atoms with E-state index in [0.29, 0.717) is 10.0 Å². The molecular weight excluding hydrogens is 345 g/mol. The van der Waals surface area contributed by atoms with E-state index in [1.807, 2.05) is 13.8 Å². The van der Waals surface area contributed by atoms with Crippen LogP contribution < -0.4 is 5.32 Å². The first kappa shape index (κ1) is 17.1. The zero-order valence-corrected chi connectivity index (χ0v) is 14.4. The lowest BCUT2D eigenvalue weighted by atomic mass is 10.2. The zero-order valence-electron chi connectivity index (χ0n) is 12.1. The number of nitrogens with one attached hydrogen (secondary N) is 1. The molecule has 0 aliphatic carbocycles. The summed E-state index contributed by atoms with van der Waals surface area (Å²) >= 11 is 13.3. The van der Waals surface area contributed by atoms with Crippen molar-refractivity contribution in [3.8, 4) is 0 Å². The van der Waals surface area contributed by atoms with Crippen LogP contribution in [-0.4, -0.2) is 24.5 Å². The molecule has 2 aromatic rings. The Kier molecular flexibility index (Phi) is 5.67. The molecule has 0 saturated heterocycles. The summed E-state index contributed by atoms with van der Waals surface area (Å²) in [4.78, 5) is 24.0. The minimum atomic E-state index is -0.610. The number of rotatable bonds is 5. The Morgan fingerprint density at radius 1 is 1.36 bits per heavy atom. The maximum absolute atomic E-state index is 12.1. The SMILES string of the molecule is CC[C@@H](C)NC(=O)COC(=O)c1sc2cc(Cl)ccc2c1Cl. The number of amides is 1. The van der Waals surface area contributed by atoms with Crippen molar-refractivity contribution in [2.45, 2.75) is 26.3 Å². The molecule has 0 bridgehead atoms. The van der Waals surface area contributed by atoms with E-state index < -0.39 is 5.97 Å². The molecule has 0 spiro atoms. The van der Waals surface area contributed by atoms with Gasteiger partial charge in [0.05, 0.1) is 5.02 Å². The van der Waals surface area contributed by atoms with Crippen LogP contribution in [0.25, 0.3) is 10.1 Å². The van der Waals surface area contributed by atoms with Crippen molar-refractivity contribution in [1.29, 1.82) is 0 Å². The third-order valence-electron chi connectivity index (χ3n) is 3.13. The van der Waals surface area contributed by atoms with Crippen LogP contribution in [0.3, 0.4) is 0 Å². The van der Waals surface area contributed by atoms with Crippen LogP contribution in [0.1, 0.15) is 29.9 Å². The highest BCUT2D eigenvalue weighted by Gasteiger charge is 2.19. The number of hydrogen-bond donors (Lipinski definition) is 1. The Bertz CT molecular complexity index is 714. The molecule has 22 heavy (non-hydrogen) atoms. The smallest absolute Gasteiger partial charge is 0.350 e. The summed E-state index contributed by atoms with van der Waals surface area (Å²) in [5.41, 5.74) is 0. The Morgan fingerprint density at radius 2 is 2.09 bits per heavy atom. The van der Waals surface area contributed by atoms with Gasteiger partial charge < -0.3 is 10.1 Å². The maximum atomic E-state index is 12.1. The number of fused-ring (bicyclic) bond motifs is 1. The largest absolute Gasteiger partial charge is 0.451 e. The van der Waals surface area contributed by atoms with E-state index in [2.05, 4.69) is 5.32 Å². The number of benzene rings is 1. The number of carbonyl (C=O) groups excluding carboxylic acids is 2. The van der Waals surface area contributed by atoms with Gasteiger partial charge in [0.2, 0.25) is 0 Å². The van der Waals surface area contributed by atoms with Gasteiger partial charge in [-0.05, 0) is 25.5 Å². The van der Waals surface area contributed by atoms with E-state index in [4.69, 9.17) is 27.9 Å². The van der Waals surface area contributed by atoms with Gasteiger partial charge in [0.25, 0.3) is 5.91 Å². The maximum Gasteiger partial charge on any atom is 0.350 e. The van der Waals surface area contributed by atoms with Gasteiger partial charge in [0.15, 0.2) is 6.61 Å². The fourth-order valence-electron chi connectivity index (χ4n) is 1.79. The van der Waals surface area contributed by atoms with Gasteiger partial charge >= 0.3 is 5.97 Å². The van der Waals surface area contributed by atoms with Crippen LogP contribution in [-0.2, 0) is 9.53 Å². The Labute approximate surface area is 142 Å². The normalized spacial score (nSPS) is 12.2. The number of halogens is 2. The highest BCUT2D eigenvalue weighted by molar-refractivity contribution is 7.21. The van der Waals surface area contributed by atoms with E-state index in [1.165, 1.54) is 11.3 Å². The van der Waals surface area contributed by atoms with Gasteiger partial charge in [-0.15, -0.1) is 11.3 Å². The molecule has 2 rings (SSSR count). The highest BCUT2D eigenvalue weighted by atomic mass is 35.5. The van der Waals surface area contributed by atoms with E-state index in [0.717, 1.165) is 16.5 Å². The summed E-state index contributed by atoms with van der Waals surface area (Å²) in [6, 6.07) is 5.24. The van der Waals surface area contributed by atoms with Crippen molar-refractivity contribution in [1.82, 2.24) is 5.32 Å². The molecule has 1 atom stereocenters. The minimum Gasteiger partial charge on any atom is -0.451 e. The molecule has 1 aromatic heterocycles. The molecule has 7 heteroatoms. The van der Waals surface area contributed by atoms with E-state index in [9.17, 15) is 9.59 Å². The van der Waals surface area contributed by atoms with Crippen molar-refractivity contribution in [3.63, 3.8) is 0 Å². The van der Waals surface area contributed by atoms with Crippen molar-refractivity contribution in [2.75, 3.05) is 6.61 Å². The van der Waals surface area contributed by atoms with Crippen LogP contribution in [0.2, 0.25) is 10.0 Å². The van der Waals surface area contributed by atoms with E-state index >= 15 is 0 Å². The molecular formula is C15H15Cl2NO3S. The molecule has 1 N–H and O–H groups in total. The molecule has 118 valence electrons. The van der Waals surface area contributed by atoms with Crippen molar-refractivity contribution in [3.05, 3.63) is 33.1 Å². The van der Waals surface area contributed by atoms with Gasteiger partial charge in [-0.25, -0.2) is 4.79 Å². The fourth-order valence-corrected chi connectivity index (χ4v) is 3.46. The first-order valence-electron chi connectivity index (χ1n) is 6.76. The van der Waals surface area contributed by atoms with Crippen molar-refractivity contribution in [2.24, 2.45) is 0 Å². The molecule has 0 radical (unpaired) electrons. The fraction of sp³-hybridized carbons (Fsp3) is 0.333. The van der Waals surface area contributed by atoms with Gasteiger partial charge in [-0.2, -0.15) is 0 Å². The summed E-state index contributed by atoms with van der Waals surface area (Å²) in [6.45, 7) is 3.51. The molecule has 0 fully saturated rings. The Morgan fingerprint density at radius 3 is 2.77 bits per heavy atom. The van der Waals surface area contributed by atoms with Gasteiger partial charge in [-0.3, -0.25) is 4.79 Å². The second-order valence-electron chi connectivity index (χ2n) is 4.84. The molecule has 0 aliphatic heterocycles. The van der Waals surface area contributed by atoms with Crippen LogP contribution >= 0.6 is 34.5 Å². The van der Waals surface area contributed by atoms with Crippen molar-refractivity contribution < 1.29 is 14.3 Å². The molecule has 1 aromatic carbocycles. The average Bonchev–Trinajstić information content (AvgIpc) is 2.81. The third kappa shape index (κ3) is 3.91. The summed E-state index contributed by atoms with van der Waals surface area (Å²) in [5.74, 6) is -0.940. The number of thiophene rings is 1. The van der Waals surface area contributed by atoms with Gasteiger partial charge in [0.1, 0.15) is 4.88 Å². The second kappa shape index (κ2) is 7.31. The predicted octanol–water partition coefficient (Wildman–Crippen LogP) is 4.28. The van der Waals surface area contributed by atoms with Crippen molar-refractivity contribution >= 4 is 56.5 Å². The zero-order chi connectivity index (χ0) is 16.3. The average molecular weight is 360 g/mol. The quantitative estimate of drug-likeness (QED) is 0.810. The highest BCUT2D eigenvalue weighted by Crippen LogP contribution is 2.37. The lowest BCUT2D eigenvalue weighted by molar-refractivity contribution is -0.124.